The van der Waals surface area contributed by atoms with Gasteiger partial charge in [0.1, 0.15) is 0 Å². The minimum absolute atomic E-state index is 0.0610. The molecule has 0 unspecified atom stereocenters. The van der Waals surface area contributed by atoms with Gasteiger partial charge in [0.2, 0.25) is 11.1 Å². The number of nitrogens with zero attached hydrogens (tertiary/aromatic N) is 4. The van der Waals surface area contributed by atoms with E-state index in [1.54, 1.807) is 24.4 Å². The summed E-state index contributed by atoms with van der Waals surface area (Å²) >= 11 is 13.1. The average molecular weight is 436 g/mol. The van der Waals surface area contributed by atoms with Crippen LogP contribution < -0.4 is 16.6 Å². The first-order valence-electron chi connectivity index (χ1n) is 7.96. The quantitative estimate of drug-likeness (QED) is 0.226. The molecule has 2 aromatic carbocycles. The highest BCUT2D eigenvalue weighted by atomic mass is 35.5. The van der Waals surface area contributed by atoms with E-state index >= 15 is 0 Å². The summed E-state index contributed by atoms with van der Waals surface area (Å²) in [6.07, 6.45) is 1.63. The topological polar surface area (TPSA) is 110 Å². The van der Waals surface area contributed by atoms with Crippen molar-refractivity contribution in [3.63, 3.8) is 0 Å². The highest BCUT2D eigenvalue weighted by Crippen LogP contribution is 2.29. The van der Waals surface area contributed by atoms with Gasteiger partial charge in [0.15, 0.2) is 0 Å². The molecular formula is C17H15Cl2N7OS. The molecule has 4 N–H and O–H groups in total. The number of thioether (sulfide) groups is 1. The second kappa shape index (κ2) is 9.45. The predicted octanol–water partition coefficient (Wildman–Crippen LogP) is 3.48. The lowest BCUT2D eigenvalue weighted by atomic mass is 10.2. The molecular weight excluding hydrogens is 421 g/mol. The van der Waals surface area contributed by atoms with Crippen LogP contribution in [0.4, 0.5) is 11.6 Å². The zero-order chi connectivity index (χ0) is 19.9. The van der Waals surface area contributed by atoms with Gasteiger partial charge < -0.3 is 11.2 Å². The van der Waals surface area contributed by atoms with E-state index in [4.69, 9.17) is 29.0 Å². The van der Waals surface area contributed by atoms with Gasteiger partial charge in [0, 0.05) is 0 Å². The Kier molecular flexibility index (Phi) is 6.75. The van der Waals surface area contributed by atoms with Crippen molar-refractivity contribution in [1.82, 2.24) is 14.9 Å². The van der Waals surface area contributed by atoms with Crippen molar-refractivity contribution in [1.29, 1.82) is 0 Å². The van der Waals surface area contributed by atoms with Crippen LogP contribution >= 0.6 is 35.0 Å². The molecule has 1 aromatic heterocycles. The van der Waals surface area contributed by atoms with Crippen LogP contribution in [0.2, 0.25) is 10.0 Å². The normalized spacial score (nSPS) is 10.9. The Bertz CT molecular complexity index is 994. The Morgan fingerprint density at radius 3 is 2.75 bits per heavy atom. The number of halogens is 2. The molecule has 3 rings (SSSR count). The molecule has 0 spiro atoms. The first kappa shape index (κ1) is 20.0. The first-order chi connectivity index (χ1) is 13.5. The van der Waals surface area contributed by atoms with Crippen LogP contribution in [0.15, 0.2) is 58.8 Å². The Hall–Kier alpha value is -2.75. The largest absolute Gasteiger partial charge is 0.334 e. The molecule has 1 amide bonds. The number of hydrogen-bond acceptors (Lipinski definition) is 7. The summed E-state index contributed by atoms with van der Waals surface area (Å²) in [6.45, 7) is 0. The van der Waals surface area contributed by atoms with E-state index in [0.717, 1.165) is 17.3 Å². The first-order valence-corrected chi connectivity index (χ1v) is 9.70. The summed E-state index contributed by atoms with van der Waals surface area (Å²) in [5.74, 6) is 5.95. The monoisotopic (exact) mass is 435 g/mol. The van der Waals surface area contributed by atoms with E-state index in [2.05, 4.69) is 26.0 Å². The number of amides is 1. The van der Waals surface area contributed by atoms with E-state index in [-0.39, 0.29) is 22.6 Å². The molecule has 1 heterocycles. The molecule has 3 aromatic rings. The fourth-order valence-corrected chi connectivity index (χ4v) is 3.08. The van der Waals surface area contributed by atoms with Crippen molar-refractivity contribution in [2.75, 3.05) is 22.3 Å². The van der Waals surface area contributed by atoms with Crippen molar-refractivity contribution >= 4 is 58.7 Å². The Morgan fingerprint density at radius 1 is 1.18 bits per heavy atom. The lowest BCUT2D eigenvalue weighted by molar-refractivity contribution is -0.113. The number of hydrogen-bond donors (Lipinski definition) is 3. The molecule has 0 saturated heterocycles. The summed E-state index contributed by atoms with van der Waals surface area (Å²) in [5, 5.41) is 15.6. The van der Waals surface area contributed by atoms with Gasteiger partial charge >= 0.3 is 0 Å². The van der Waals surface area contributed by atoms with Gasteiger partial charge in [-0.2, -0.15) is 5.10 Å². The van der Waals surface area contributed by atoms with Crippen LogP contribution in [0.5, 0.6) is 0 Å². The summed E-state index contributed by atoms with van der Waals surface area (Å²) in [6, 6.07) is 14.5. The third-order valence-corrected chi connectivity index (χ3v) is 5.16. The minimum atomic E-state index is -0.284. The number of hydrazone groups is 1. The molecule has 0 fully saturated rings. The highest BCUT2D eigenvalue weighted by Gasteiger charge is 2.13. The van der Waals surface area contributed by atoms with Crippen LogP contribution in [-0.4, -0.2) is 32.7 Å². The smallest absolute Gasteiger partial charge is 0.264 e. The van der Waals surface area contributed by atoms with Gasteiger partial charge in [-0.15, -0.1) is 10.2 Å². The molecule has 0 radical (unpaired) electrons. The van der Waals surface area contributed by atoms with Gasteiger partial charge in [-0.05, 0) is 17.7 Å². The molecule has 0 bridgehead atoms. The molecule has 0 saturated carbocycles. The lowest BCUT2D eigenvalue weighted by Gasteiger charge is -2.07. The van der Waals surface area contributed by atoms with Gasteiger partial charge in [-0.1, -0.05) is 71.4 Å². The predicted molar refractivity (Wildman–Crippen MR) is 114 cm³/mol. The second-order valence-corrected chi connectivity index (χ2v) is 7.12. The number of benzene rings is 2. The van der Waals surface area contributed by atoms with Crippen LogP contribution in [0.25, 0.3) is 0 Å². The van der Waals surface area contributed by atoms with Crippen molar-refractivity contribution in [2.45, 2.75) is 5.16 Å². The van der Waals surface area contributed by atoms with E-state index in [1.165, 1.54) is 4.68 Å². The summed E-state index contributed by atoms with van der Waals surface area (Å²) in [4.78, 5) is 12.1. The van der Waals surface area contributed by atoms with Gasteiger partial charge in [0.05, 0.1) is 27.7 Å². The molecule has 0 aliphatic carbocycles. The Labute approximate surface area is 175 Å². The summed E-state index contributed by atoms with van der Waals surface area (Å²) < 4.78 is 1.21. The van der Waals surface area contributed by atoms with E-state index in [0.29, 0.717) is 15.9 Å². The molecule has 0 aliphatic rings. The zero-order valence-electron chi connectivity index (χ0n) is 14.3. The number of nitrogens with two attached hydrogens (primary N) is 1. The van der Waals surface area contributed by atoms with Crippen LogP contribution in [0, 0.1) is 0 Å². The van der Waals surface area contributed by atoms with Crippen molar-refractivity contribution in [3.8, 4) is 0 Å². The van der Waals surface area contributed by atoms with E-state index in [1.807, 2.05) is 30.3 Å². The van der Waals surface area contributed by atoms with Crippen molar-refractivity contribution in [2.24, 2.45) is 5.10 Å². The number of nitrogens with one attached hydrogen (secondary N) is 2. The third kappa shape index (κ3) is 5.16. The Balaban J connectivity index is 1.54. The SMILES string of the molecule is Nn1c(N/N=C/c2ccccc2)nnc1SCC(=O)Nc1cccc(Cl)c1Cl. The van der Waals surface area contributed by atoms with E-state index in [9.17, 15) is 4.79 Å². The van der Waals surface area contributed by atoms with Gasteiger partial charge in [-0.3, -0.25) is 4.79 Å². The number of nitrogen functional groups attached to an aromatic ring is 1. The molecule has 0 aliphatic heterocycles. The van der Waals surface area contributed by atoms with Gasteiger partial charge in [-0.25, -0.2) is 10.1 Å². The highest BCUT2D eigenvalue weighted by molar-refractivity contribution is 7.99. The van der Waals surface area contributed by atoms with Gasteiger partial charge in [0.25, 0.3) is 5.95 Å². The maximum atomic E-state index is 12.1. The second-order valence-electron chi connectivity index (χ2n) is 5.40. The molecule has 28 heavy (non-hydrogen) atoms. The van der Waals surface area contributed by atoms with Crippen molar-refractivity contribution < 1.29 is 4.79 Å². The number of carbonyl (C=O) groups is 1. The standard InChI is InChI=1S/C17H15Cl2N7OS/c18-12-7-4-8-13(15(12)19)22-14(27)10-28-17-25-24-16(26(17)20)23-21-9-11-5-2-1-3-6-11/h1-9H,10,20H2,(H,22,27)(H,23,24)/b21-9+. The lowest BCUT2D eigenvalue weighted by Crippen LogP contribution is -2.17. The Morgan fingerprint density at radius 2 is 1.96 bits per heavy atom. The van der Waals surface area contributed by atoms with E-state index < -0.39 is 0 Å². The molecule has 144 valence electrons. The third-order valence-electron chi connectivity index (χ3n) is 3.40. The number of carbonyl (C=O) groups excluding carboxylic acids is 1. The number of aromatic nitrogens is 3. The maximum absolute atomic E-state index is 12.1. The summed E-state index contributed by atoms with van der Waals surface area (Å²) in [7, 11) is 0. The van der Waals surface area contributed by atoms with Crippen molar-refractivity contribution in [3.05, 3.63) is 64.1 Å². The fraction of sp³-hybridized carbons (Fsp3) is 0.0588. The number of anilines is 2. The average Bonchev–Trinajstić information content (AvgIpc) is 3.04. The van der Waals surface area contributed by atoms with Crippen LogP contribution in [0.1, 0.15) is 5.56 Å². The van der Waals surface area contributed by atoms with Crippen LogP contribution in [0.3, 0.4) is 0 Å². The molecule has 11 heteroatoms. The minimum Gasteiger partial charge on any atom is -0.334 e. The molecule has 0 atom stereocenters. The summed E-state index contributed by atoms with van der Waals surface area (Å²) in [5.41, 5.74) is 4.07. The maximum Gasteiger partial charge on any atom is 0.264 e. The zero-order valence-corrected chi connectivity index (χ0v) is 16.7. The molecule has 8 nitrogen and oxygen atoms in total. The fourth-order valence-electron chi connectivity index (χ4n) is 2.07. The number of rotatable bonds is 7. The van der Waals surface area contributed by atoms with Crippen LogP contribution in [-0.2, 0) is 4.79 Å².